The van der Waals surface area contributed by atoms with Gasteiger partial charge in [-0.2, -0.15) is 5.26 Å². The smallest absolute Gasteiger partial charge is 0.212 e. The zero-order valence-corrected chi connectivity index (χ0v) is 15.7. The molecule has 3 rings (SSSR count). The van der Waals surface area contributed by atoms with E-state index in [2.05, 4.69) is 16.8 Å². The lowest BCUT2D eigenvalue weighted by atomic mass is 10.0. The number of carbonyl (C=O) groups excluding carboxylic acids is 1. The van der Waals surface area contributed by atoms with E-state index in [0.29, 0.717) is 39.6 Å². The van der Waals surface area contributed by atoms with Crippen LogP contribution in [0, 0.1) is 23.2 Å². The van der Waals surface area contributed by atoms with Gasteiger partial charge >= 0.3 is 0 Å². The maximum absolute atomic E-state index is 12.9. The molecule has 0 aliphatic carbocycles. The van der Waals surface area contributed by atoms with Crippen LogP contribution in [0.4, 0.5) is 0 Å². The number of nitriles is 1. The van der Waals surface area contributed by atoms with Crippen LogP contribution in [0.1, 0.15) is 32.9 Å². The average Bonchev–Trinajstić information content (AvgIpc) is 3.11. The third kappa shape index (κ3) is 3.72. The highest BCUT2D eigenvalue weighted by Gasteiger charge is 2.18. The van der Waals surface area contributed by atoms with E-state index in [1.165, 1.54) is 0 Å². The van der Waals surface area contributed by atoms with Crippen molar-refractivity contribution in [3.8, 4) is 29.4 Å². The number of nitrogens with zero attached hydrogens (tertiary/aromatic N) is 3. The van der Waals surface area contributed by atoms with Crippen LogP contribution in [-0.4, -0.2) is 29.6 Å². The lowest BCUT2D eigenvalue weighted by Gasteiger charge is -2.06. The molecule has 0 saturated heterocycles. The Morgan fingerprint density at radius 2 is 1.68 bits per heavy atom. The Bertz CT molecular complexity index is 1130. The minimum Gasteiger partial charge on any atom is -0.493 e. The molecule has 0 unspecified atom stereocenters. The molecule has 0 aliphatic rings. The minimum atomic E-state index is -0.207. The van der Waals surface area contributed by atoms with Crippen molar-refractivity contribution < 1.29 is 14.3 Å². The second kappa shape index (κ2) is 8.11. The van der Waals surface area contributed by atoms with Crippen LogP contribution < -0.4 is 9.47 Å². The van der Waals surface area contributed by atoms with Crippen LogP contribution in [0.15, 0.2) is 48.8 Å². The van der Waals surface area contributed by atoms with Crippen LogP contribution in [0.3, 0.4) is 0 Å². The van der Waals surface area contributed by atoms with Gasteiger partial charge in [0.15, 0.2) is 11.5 Å². The molecule has 1 heterocycles. The van der Waals surface area contributed by atoms with Crippen molar-refractivity contribution in [3.63, 3.8) is 0 Å². The zero-order valence-electron chi connectivity index (χ0n) is 15.7. The summed E-state index contributed by atoms with van der Waals surface area (Å²) in [5.41, 5.74) is 2.44. The largest absolute Gasteiger partial charge is 0.493 e. The maximum Gasteiger partial charge on any atom is 0.212 e. The van der Waals surface area contributed by atoms with E-state index in [-0.39, 0.29) is 5.78 Å². The first kappa shape index (κ1) is 18.8. The fourth-order valence-electron chi connectivity index (χ4n) is 2.67. The molecule has 28 heavy (non-hydrogen) atoms. The van der Waals surface area contributed by atoms with Gasteiger partial charge in [-0.05, 0) is 48.4 Å². The molecular weight excluding hydrogens is 354 g/mol. The first-order chi connectivity index (χ1) is 13.6. The van der Waals surface area contributed by atoms with Gasteiger partial charge in [0.2, 0.25) is 5.78 Å². The summed E-state index contributed by atoms with van der Waals surface area (Å²) in [4.78, 5) is 17.1. The number of aromatic nitrogens is 2. The first-order valence-corrected chi connectivity index (χ1v) is 8.37. The van der Waals surface area contributed by atoms with Gasteiger partial charge in [0, 0.05) is 18.2 Å². The summed E-state index contributed by atoms with van der Waals surface area (Å²) in [5.74, 6) is 6.95. The molecule has 3 aromatic rings. The topological polar surface area (TPSA) is 77.1 Å². The average molecular weight is 371 g/mol. The molecule has 0 radical (unpaired) electrons. The van der Waals surface area contributed by atoms with Crippen molar-refractivity contribution >= 4 is 5.78 Å². The highest BCUT2D eigenvalue weighted by Crippen LogP contribution is 2.27. The Morgan fingerprint density at radius 1 is 1.00 bits per heavy atom. The molecule has 0 fully saturated rings. The maximum atomic E-state index is 12.9. The van der Waals surface area contributed by atoms with E-state index in [0.717, 1.165) is 0 Å². The fourth-order valence-corrected chi connectivity index (χ4v) is 2.67. The lowest BCUT2D eigenvalue weighted by Crippen LogP contribution is -2.09. The normalized spacial score (nSPS) is 9.79. The number of hydrogen-bond acceptors (Lipinski definition) is 5. The molecule has 0 saturated carbocycles. The highest BCUT2D eigenvalue weighted by atomic mass is 16.5. The molecule has 0 aliphatic heterocycles. The van der Waals surface area contributed by atoms with Crippen molar-refractivity contribution in [2.75, 3.05) is 14.2 Å². The number of aryl methyl sites for hydroxylation is 1. The van der Waals surface area contributed by atoms with E-state index < -0.39 is 0 Å². The summed E-state index contributed by atoms with van der Waals surface area (Å²) in [5, 5.41) is 8.90. The number of hydrogen-bond donors (Lipinski definition) is 0. The van der Waals surface area contributed by atoms with Gasteiger partial charge in [-0.1, -0.05) is 5.92 Å². The molecular formula is C22H17N3O3. The van der Waals surface area contributed by atoms with Gasteiger partial charge in [-0.15, -0.1) is 0 Å². The Balaban J connectivity index is 1.95. The minimum absolute atomic E-state index is 0.207. The highest BCUT2D eigenvalue weighted by molar-refractivity contribution is 6.09. The van der Waals surface area contributed by atoms with Crippen LogP contribution in [-0.2, 0) is 7.05 Å². The molecule has 0 spiro atoms. The van der Waals surface area contributed by atoms with E-state index in [1.807, 2.05) is 6.07 Å². The molecule has 6 heteroatoms. The van der Waals surface area contributed by atoms with Gasteiger partial charge in [-0.25, -0.2) is 4.98 Å². The molecule has 6 nitrogen and oxygen atoms in total. The molecule has 0 N–H and O–H groups in total. The summed E-state index contributed by atoms with van der Waals surface area (Å²) in [6.07, 6.45) is 1.55. The monoisotopic (exact) mass is 371 g/mol. The second-order valence-corrected chi connectivity index (χ2v) is 5.89. The van der Waals surface area contributed by atoms with Crippen molar-refractivity contribution in [2.45, 2.75) is 0 Å². The van der Waals surface area contributed by atoms with E-state index in [9.17, 15) is 4.79 Å². The van der Waals surface area contributed by atoms with Crippen molar-refractivity contribution in [1.82, 2.24) is 9.55 Å². The number of imidazole rings is 1. The Kier molecular flexibility index (Phi) is 5.43. The molecule has 2 aromatic carbocycles. The van der Waals surface area contributed by atoms with Gasteiger partial charge in [0.05, 0.1) is 32.2 Å². The molecule has 138 valence electrons. The first-order valence-electron chi connectivity index (χ1n) is 8.37. The summed E-state index contributed by atoms with van der Waals surface area (Å²) in [6.45, 7) is 0. The fraction of sp³-hybridized carbons (Fsp3) is 0.136. The van der Waals surface area contributed by atoms with Crippen LogP contribution >= 0.6 is 0 Å². The molecule has 0 bridgehead atoms. The number of ether oxygens (including phenoxy) is 2. The Labute approximate surface area is 163 Å². The summed E-state index contributed by atoms with van der Waals surface area (Å²) in [6, 6.07) is 13.8. The Hall–Kier alpha value is -4.03. The number of rotatable bonds is 4. The standard InChI is InChI=1S/C22H17N3O3/c1-25-14-24-18(10-6-15-7-11-19(27-2)20(12-15)28-3)21(25)22(26)17-8-4-16(13-23)5-9-17/h4-5,7-9,11-12,14H,1-3H3. The quantitative estimate of drug-likeness (QED) is 0.521. The Morgan fingerprint density at radius 3 is 2.32 bits per heavy atom. The molecule has 0 atom stereocenters. The number of methoxy groups -OCH3 is 2. The predicted molar refractivity (Wildman–Crippen MR) is 103 cm³/mol. The van der Waals surface area contributed by atoms with Crippen molar-refractivity contribution in [3.05, 3.63) is 76.9 Å². The predicted octanol–water partition coefficient (Wildman–Crippen LogP) is 2.94. The number of ketones is 1. The second-order valence-electron chi connectivity index (χ2n) is 5.89. The van der Waals surface area contributed by atoms with E-state index in [1.54, 1.807) is 74.6 Å². The number of carbonyl (C=O) groups is 1. The van der Waals surface area contributed by atoms with Gasteiger partial charge < -0.3 is 14.0 Å². The summed E-state index contributed by atoms with van der Waals surface area (Å²) in [7, 11) is 4.87. The SMILES string of the molecule is COc1ccc(C#Cc2ncn(C)c2C(=O)c2ccc(C#N)cc2)cc1OC. The lowest BCUT2D eigenvalue weighted by molar-refractivity contribution is 0.103. The van der Waals surface area contributed by atoms with Gasteiger partial charge in [-0.3, -0.25) is 4.79 Å². The third-order valence-corrected chi connectivity index (χ3v) is 4.14. The molecule has 1 aromatic heterocycles. The number of benzene rings is 2. The summed E-state index contributed by atoms with van der Waals surface area (Å²) < 4.78 is 12.1. The van der Waals surface area contributed by atoms with Crippen LogP contribution in [0.5, 0.6) is 11.5 Å². The zero-order chi connectivity index (χ0) is 20.1. The van der Waals surface area contributed by atoms with Crippen molar-refractivity contribution in [2.24, 2.45) is 7.05 Å². The third-order valence-electron chi connectivity index (χ3n) is 4.14. The van der Waals surface area contributed by atoms with Crippen molar-refractivity contribution in [1.29, 1.82) is 5.26 Å². The summed E-state index contributed by atoms with van der Waals surface area (Å²) >= 11 is 0. The van der Waals surface area contributed by atoms with E-state index >= 15 is 0 Å². The van der Waals surface area contributed by atoms with E-state index in [4.69, 9.17) is 14.7 Å². The molecule has 0 amide bonds. The van der Waals surface area contributed by atoms with Gasteiger partial charge in [0.25, 0.3) is 0 Å². The van der Waals surface area contributed by atoms with Crippen LogP contribution in [0.2, 0.25) is 0 Å². The van der Waals surface area contributed by atoms with Crippen LogP contribution in [0.25, 0.3) is 0 Å². The van der Waals surface area contributed by atoms with Gasteiger partial charge in [0.1, 0.15) is 11.4 Å².